The molecule has 148 valence electrons. The third kappa shape index (κ3) is 2.77. The average molecular weight is 392 g/mol. The highest BCUT2D eigenvalue weighted by molar-refractivity contribution is 5.95. The SMILES string of the molecule is Cc1cc(N)c(-n2cc3c(c2-c2ccc(F)cc2)c(=O)n(C)c(=O)n3C)cc1C. The molecule has 0 spiro atoms. The number of fused-ring (bicyclic) bond motifs is 1. The lowest BCUT2D eigenvalue weighted by molar-refractivity contribution is 0.628. The molecule has 0 aliphatic heterocycles. The third-order valence-electron chi connectivity index (χ3n) is 5.46. The van der Waals surface area contributed by atoms with Crippen molar-refractivity contribution in [1.82, 2.24) is 13.7 Å². The van der Waals surface area contributed by atoms with Crippen LogP contribution in [0.25, 0.3) is 27.8 Å². The molecule has 0 aliphatic rings. The van der Waals surface area contributed by atoms with Crippen molar-refractivity contribution in [3.63, 3.8) is 0 Å². The first-order chi connectivity index (χ1) is 13.7. The quantitative estimate of drug-likeness (QED) is 0.533. The van der Waals surface area contributed by atoms with Crippen LogP contribution in [0.5, 0.6) is 0 Å². The predicted molar refractivity (Wildman–Crippen MR) is 113 cm³/mol. The third-order valence-corrected chi connectivity index (χ3v) is 5.46. The zero-order chi connectivity index (χ0) is 21.0. The maximum Gasteiger partial charge on any atom is 0.330 e. The van der Waals surface area contributed by atoms with Crippen LogP contribution in [0.3, 0.4) is 0 Å². The van der Waals surface area contributed by atoms with Crippen LogP contribution >= 0.6 is 0 Å². The van der Waals surface area contributed by atoms with Gasteiger partial charge in [0.1, 0.15) is 5.82 Å². The molecular weight excluding hydrogens is 371 g/mol. The first-order valence-electron chi connectivity index (χ1n) is 9.14. The molecule has 0 unspecified atom stereocenters. The number of nitrogens with two attached hydrogens (primary N) is 1. The molecule has 4 rings (SSSR count). The first kappa shape index (κ1) is 18.7. The van der Waals surface area contributed by atoms with Crippen molar-refractivity contribution >= 4 is 16.6 Å². The summed E-state index contributed by atoms with van der Waals surface area (Å²) in [5, 5.41) is 0.374. The number of aryl methyl sites for hydroxylation is 3. The number of rotatable bonds is 2. The Kier molecular flexibility index (Phi) is 4.19. The summed E-state index contributed by atoms with van der Waals surface area (Å²) in [6.45, 7) is 3.95. The van der Waals surface area contributed by atoms with Crippen molar-refractivity contribution < 1.29 is 4.39 Å². The molecular formula is C22H21FN4O2. The zero-order valence-electron chi connectivity index (χ0n) is 16.7. The van der Waals surface area contributed by atoms with E-state index in [0.29, 0.717) is 33.5 Å². The summed E-state index contributed by atoms with van der Waals surface area (Å²) in [6, 6.07) is 9.73. The monoisotopic (exact) mass is 392 g/mol. The second kappa shape index (κ2) is 6.48. The van der Waals surface area contributed by atoms with Crippen LogP contribution in [0.1, 0.15) is 11.1 Å². The zero-order valence-corrected chi connectivity index (χ0v) is 16.7. The molecule has 0 saturated heterocycles. The van der Waals surface area contributed by atoms with Crippen molar-refractivity contribution in [2.24, 2.45) is 14.1 Å². The first-order valence-corrected chi connectivity index (χ1v) is 9.14. The number of nitrogens with zero attached hydrogens (tertiary/aromatic N) is 3. The second-order valence-electron chi connectivity index (χ2n) is 7.32. The Labute approximate surface area is 166 Å². The number of hydrogen-bond donors (Lipinski definition) is 1. The highest BCUT2D eigenvalue weighted by atomic mass is 19.1. The maximum atomic E-state index is 13.5. The van der Waals surface area contributed by atoms with Gasteiger partial charge in [-0.1, -0.05) is 0 Å². The van der Waals surface area contributed by atoms with Gasteiger partial charge >= 0.3 is 5.69 Å². The standard InChI is InChI=1S/C22H21FN4O2/c1-12-9-16(24)17(10-13(12)2)27-11-18-19(21(28)26(4)22(29)25(18)3)20(27)14-5-7-15(23)8-6-14/h5-11H,24H2,1-4H3. The van der Waals surface area contributed by atoms with Gasteiger partial charge in [0.25, 0.3) is 5.56 Å². The number of hydrogen-bond acceptors (Lipinski definition) is 3. The minimum absolute atomic E-state index is 0.373. The van der Waals surface area contributed by atoms with Crippen LogP contribution in [0.2, 0.25) is 0 Å². The van der Waals surface area contributed by atoms with Crippen LogP contribution < -0.4 is 17.0 Å². The molecule has 0 fully saturated rings. The van der Waals surface area contributed by atoms with Gasteiger partial charge in [0.2, 0.25) is 0 Å². The number of nitrogen functional groups attached to an aromatic ring is 1. The van der Waals surface area contributed by atoms with Gasteiger partial charge in [0, 0.05) is 20.3 Å². The number of aromatic nitrogens is 3. The van der Waals surface area contributed by atoms with Gasteiger partial charge in [-0.25, -0.2) is 9.18 Å². The average Bonchev–Trinajstić information content (AvgIpc) is 3.08. The van der Waals surface area contributed by atoms with E-state index >= 15 is 0 Å². The van der Waals surface area contributed by atoms with Gasteiger partial charge in [-0.3, -0.25) is 13.9 Å². The molecule has 0 bridgehead atoms. The number of halogens is 1. The molecule has 0 atom stereocenters. The molecule has 7 heteroatoms. The van der Waals surface area contributed by atoms with E-state index in [1.807, 2.05) is 26.0 Å². The van der Waals surface area contributed by atoms with Crippen molar-refractivity contribution in [2.45, 2.75) is 13.8 Å². The van der Waals surface area contributed by atoms with Crippen LogP contribution in [0, 0.1) is 19.7 Å². The Bertz CT molecular complexity index is 1390. The molecule has 2 N–H and O–H groups in total. The minimum Gasteiger partial charge on any atom is -0.397 e. The van der Waals surface area contributed by atoms with E-state index in [0.717, 1.165) is 15.7 Å². The van der Waals surface area contributed by atoms with Crippen molar-refractivity contribution in [3.05, 3.63) is 80.4 Å². The topological polar surface area (TPSA) is 74.9 Å². The fourth-order valence-corrected chi connectivity index (χ4v) is 3.65. The molecule has 0 amide bonds. The molecule has 29 heavy (non-hydrogen) atoms. The molecule has 6 nitrogen and oxygen atoms in total. The smallest absolute Gasteiger partial charge is 0.330 e. The van der Waals surface area contributed by atoms with Gasteiger partial charge < -0.3 is 10.3 Å². The summed E-state index contributed by atoms with van der Waals surface area (Å²) in [4.78, 5) is 25.5. The van der Waals surface area contributed by atoms with Crippen LogP contribution in [0.4, 0.5) is 10.1 Å². The largest absolute Gasteiger partial charge is 0.397 e. The van der Waals surface area contributed by atoms with E-state index in [9.17, 15) is 14.0 Å². The van der Waals surface area contributed by atoms with Crippen molar-refractivity contribution in [1.29, 1.82) is 0 Å². The van der Waals surface area contributed by atoms with Crippen molar-refractivity contribution in [3.8, 4) is 16.9 Å². The molecule has 0 saturated carbocycles. The van der Waals surface area contributed by atoms with Crippen LogP contribution in [-0.4, -0.2) is 13.7 Å². The highest BCUT2D eigenvalue weighted by Crippen LogP contribution is 2.33. The normalized spacial score (nSPS) is 11.3. The lowest BCUT2D eigenvalue weighted by atomic mass is 10.1. The fourth-order valence-electron chi connectivity index (χ4n) is 3.65. The lowest BCUT2D eigenvalue weighted by Gasteiger charge is -2.14. The van der Waals surface area contributed by atoms with E-state index in [-0.39, 0.29) is 5.82 Å². The molecule has 2 heterocycles. The molecule has 0 aliphatic carbocycles. The van der Waals surface area contributed by atoms with Gasteiger partial charge in [-0.15, -0.1) is 0 Å². The van der Waals surface area contributed by atoms with Crippen LogP contribution in [-0.2, 0) is 14.1 Å². The van der Waals surface area contributed by atoms with E-state index in [2.05, 4.69) is 0 Å². The summed E-state index contributed by atoms with van der Waals surface area (Å²) in [5.74, 6) is -0.373. The van der Waals surface area contributed by atoms with Gasteiger partial charge in [0.15, 0.2) is 0 Å². The molecule has 2 aromatic carbocycles. The summed E-state index contributed by atoms with van der Waals surface area (Å²) < 4.78 is 17.9. The lowest BCUT2D eigenvalue weighted by Crippen LogP contribution is -2.36. The van der Waals surface area contributed by atoms with Crippen molar-refractivity contribution in [2.75, 3.05) is 5.73 Å². The summed E-state index contributed by atoms with van der Waals surface area (Å²) in [7, 11) is 3.06. The Balaban J connectivity index is 2.22. The highest BCUT2D eigenvalue weighted by Gasteiger charge is 2.21. The van der Waals surface area contributed by atoms with Gasteiger partial charge in [0.05, 0.1) is 28.0 Å². The Morgan fingerprint density at radius 1 is 0.931 bits per heavy atom. The number of benzene rings is 2. The summed E-state index contributed by atoms with van der Waals surface area (Å²) in [6.07, 6.45) is 1.73. The van der Waals surface area contributed by atoms with E-state index in [4.69, 9.17) is 5.73 Å². The summed E-state index contributed by atoms with van der Waals surface area (Å²) >= 11 is 0. The number of anilines is 1. The Morgan fingerprint density at radius 3 is 2.21 bits per heavy atom. The van der Waals surface area contributed by atoms with E-state index in [1.165, 1.54) is 23.7 Å². The summed E-state index contributed by atoms with van der Waals surface area (Å²) in [5.41, 5.74) is 10.5. The van der Waals surface area contributed by atoms with E-state index in [1.54, 1.807) is 29.9 Å². The molecule has 0 radical (unpaired) electrons. The fraction of sp³-hybridized carbons (Fsp3) is 0.182. The molecule has 4 aromatic rings. The second-order valence-corrected chi connectivity index (χ2v) is 7.32. The van der Waals surface area contributed by atoms with Crippen LogP contribution in [0.15, 0.2) is 52.2 Å². The molecule has 2 aromatic heterocycles. The predicted octanol–water partition coefficient (Wildman–Crippen LogP) is 3.03. The van der Waals surface area contributed by atoms with Gasteiger partial charge in [-0.2, -0.15) is 0 Å². The van der Waals surface area contributed by atoms with E-state index < -0.39 is 11.2 Å². The Hall–Kier alpha value is -3.61. The van der Waals surface area contributed by atoms with Gasteiger partial charge in [-0.05, 0) is 66.9 Å². The minimum atomic E-state index is -0.418. The Morgan fingerprint density at radius 2 is 1.55 bits per heavy atom. The maximum absolute atomic E-state index is 13.5.